The number of rotatable bonds is 7. The molecule has 4 heteroatoms. The van der Waals surface area contributed by atoms with Crippen molar-refractivity contribution in [1.82, 2.24) is 10.6 Å². The summed E-state index contributed by atoms with van der Waals surface area (Å²) >= 11 is 0. The minimum absolute atomic E-state index is 0.0835. The van der Waals surface area contributed by atoms with Gasteiger partial charge in [0.2, 0.25) is 0 Å². The van der Waals surface area contributed by atoms with Gasteiger partial charge in [0, 0.05) is 19.7 Å². The number of aryl methyl sites for hydroxylation is 1. The number of hydrogen-bond acceptors (Lipinski definition) is 2. The van der Waals surface area contributed by atoms with Gasteiger partial charge in [0.05, 0.1) is 6.10 Å². The lowest BCUT2D eigenvalue weighted by Gasteiger charge is -2.25. The van der Waals surface area contributed by atoms with Crippen molar-refractivity contribution < 1.29 is 9.53 Å². The normalized spacial score (nSPS) is 17.1. The predicted molar refractivity (Wildman–Crippen MR) is 84.4 cm³/mol. The van der Waals surface area contributed by atoms with Crippen molar-refractivity contribution in [2.24, 2.45) is 0 Å². The molecule has 1 aromatic carbocycles. The summed E-state index contributed by atoms with van der Waals surface area (Å²) in [5, 5.41) is 5.64. The maximum absolute atomic E-state index is 11.4. The van der Waals surface area contributed by atoms with Crippen LogP contribution in [-0.2, 0) is 11.2 Å². The fourth-order valence-electron chi connectivity index (χ4n) is 2.68. The van der Waals surface area contributed by atoms with Crippen molar-refractivity contribution in [3.05, 3.63) is 35.4 Å². The molecule has 21 heavy (non-hydrogen) atoms. The topological polar surface area (TPSA) is 50.4 Å². The van der Waals surface area contributed by atoms with Crippen LogP contribution in [0.4, 0.5) is 4.79 Å². The van der Waals surface area contributed by atoms with Gasteiger partial charge in [-0.25, -0.2) is 4.79 Å². The highest BCUT2D eigenvalue weighted by atomic mass is 16.5. The van der Waals surface area contributed by atoms with Crippen molar-refractivity contribution in [3.63, 3.8) is 0 Å². The van der Waals surface area contributed by atoms with E-state index in [1.54, 1.807) is 0 Å². The number of carbonyl (C=O) groups is 1. The van der Waals surface area contributed by atoms with E-state index in [2.05, 4.69) is 34.9 Å². The van der Waals surface area contributed by atoms with E-state index < -0.39 is 0 Å². The van der Waals surface area contributed by atoms with Crippen molar-refractivity contribution in [3.8, 4) is 0 Å². The molecule has 1 aromatic rings. The summed E-state index contributed by atoms with van der Waals surface area (Å²) in [6.45, 7) is 4.11. The predicted octanol–water partition coefficient (Wildman–Crippen LogP) is 3.18. The van der Waals surface area contributed by atoms with Crippen molar-refractivity contribution in [2.45, 2.75) is 45.1 Å². The molecule has 2 rings (SSSR count). The van der Waals surface area contributed by atoms with Gasteiger partial charge < -0.3 is 15.4 Å². The summed E-state index contributed by atoms with van der Waals surface area (Å²) in [4.78, 5) is 11.4. The minimum Gasteiger partial charge on any atom is -0.373 e. The largest absolute Gasteiger partial charge is 0.373 e. The molecule has 0 spiro atoms. The minimum atomic E-state index is -0.0835. The van der Waals surface area contributed by atoms with E-state index >= 15 is 0 Å². The lowest BCUT2D eigenvalue weighted by molar-refractivity contribution is 0.0396. The van der Waals surface area contributed by atoms with Gasteiger partial charge in [-0.1, -0.05) is 31.2 Å². The van der Waals surface area contributed by atoms with Gasteiger partial charge >= 0.3 is 6.03 Å². The lowest BCUT2D eigenvalue weighted by atomic mass is 9.89. The maximum atomic E-state index is 11.4. The molecule has 0 aliphatic heterocycles. The fraction of sp³-hybridized carbons (Fsp3) is 0.588. The van der Waals surface area contributed by atoms with E-state index in [0.717, 1.165) is 32.2 Å². The number of carbonyl (C=O) groups excluding carboxylic acids is 1. The summed E-state index contributed by atoms with van der Waals surface area (Å²) in [5.41, 5.74) is 2.77. The number of ether oxygens (including phenoxy) is 1. The Labute approximate surface area is 127 Å². The number of fused-ring (bicyclic) bond motifs is 1. The summed E-state index contributed by atoms with van der Waals surface area (Å²) in [6.07, 6.45) is 5.48. The summed E-state index contributed by atoms with van der Waals surface area (Å²) in [7, 11) is 0. The van der Waals surface area contributed by atoms with Crippen LogP contribution in [0.5, 0.6) is 0 Å². The molecule has 2 N–H and O–H groups in total. The Morgan fingerprint density at radius 1 is 1.29 bits per heavy atom. The average Bonchev–Trinajstić information content (AvgIpc) is 2.52. The molecule has 1 aliphatic rings. The van der Waals surface area contributed by atoms with Crippen LogP contribution >= 0.6 is 0 Å². The third-order valence-electron chi connectivity index (χ3n) is 3.78. The Kier molecular flexibility index (Phi) is 6.54. The van der Waals surface area contributed by atoms with Crippen molar-refractivity contribution in [1.29, 1.82) is 0 Å². The zero-order chi connectivity index (χ0) is 14.9. The monoisotopic (exact) mass is 290 g/mol. The molecular weight excluding hydrogens is 264 g/mol. The first-order chi connectivity index (χ1) is 10.3. The quantitative estimate of drug-likeness (QED) is 0.758. The Balaban J connectivity index is 1.65. The second-order valence-electron chi connectivity index (χ2n) is 5.49. The molecule has 0 bridgehead atoms. The Morgan fingerprint density at radius 3 is 2.95 bits per heavy atom. The summed E-state index contributed by atoms with van der Waals surface area (Å²) < 4.78 is 6.00. The van der Waals surface area contributed by atoms with Crippen molar-refractivity contribution in [2.75, 3.05) is 19.7 Å². The van der Waals surface area contributed by atoms with Crippen LogP contribution in [0.15, 0.2) is 24.3 Å². The number of benzene rings is 1. The van der Waals surface area contributed by atoms with Crippen LogP contribution in [0.25, 0.3) is 0 Å². The van der Waals surface area contributed by atoms with Gasteiger partial charge in [-0.15, -0.1) is 0 Å². The molecule has 1 atom stereocenters. The summed E-state index contributed by atoms with van der Waals surface area (Å²) in [5.74, 6) is 0. The number of nitrogens with one attached hydrogen (secondary N) is 2. The second kappa shape index (κ2) is 8.67. The van der Waals surface area contributed by atoms with E-state index in [4.69, 9.17) is 4.74 Å². The standard InChI is InChI=1S/C17H26N2O2/c1-2-11-18-17(20)19-12-6-13-21-16-10-5-8-14-7-3-4-9-15(14)16/h3-4,7,9,16H,2,5-6,8,10-13H2,1H3,(H2,18,19,20)/t16-/m0/s1. The number of urea groups is 1. The van der Waals surface area contributed by atoms with E-state index in [0.29, 0.717) is 13.2 Å². The fourth-order valence-corrected chi connectivity index (χ4v) is 2.68. The number of hydrogen-bond donors (Lipinski definition) is 2. The van der Waals surface area contributed by atoms with Gasteiger partial charge in [0.1, 0.15) is 0 Å². The highest BCUT2D eigenvalue weighted by Crippen LogP contribution is 2.32. The van der Waals surface area contributed by atoms with Crippen LogP contribution in [0, 0.1) is 0 Å². The zero-order valence-corrected chi connectivity index (χ0v) is 12.9. The SMILES string of the molecule is CCCNC(=O)NCCCO[C@H]1CCCc2ccccc21. The molecule has 0 heterocycles. The van der Waals surface area contributed by atoms with Crippen LogP contribution < -0.4 is 10.6 Å². The zero-order valence-electron chi connectivity index (χ0n) is 12.9. The van der Waals surface area contributed by atoms with Crippen LogP contribution in [0.3, 0.4) is 0 Å². The first kappa shape index (κ1) is 15.8. The molecular formula is C17H26N2O2. The Bertz CT molecular complexity index is 448. The Hall–Kier alpha value is -1.55. The first-order valence-electron chi connectivity index (χ1n) is 8.02. The van der Waals surface area contributed by atoms with Crippen LogP contribution in [0.2, 0.25) is 0 Å². The van der Waals surface area contributed by atoms with Crippen LogP contribution in [-0.4, -0.2) is 25.7 Å². The molecule has 1 aliphatic carbocycles. The van der Waals surface area contributed by atoms with Crippen LogP contribution in [0.1, 0.15) is 49.8 Å². The van der Waals surface area contributed by atoms with Crippen molar-refractivity contribution >= 4 is 6.03 Å². The summed E-state index contributed by atoms with van der Waals surface area (Å²) in [6, 6.07) is 8.47. The molecule has 0 fully saturated rings. The van der Waals surface area contributed by atoms with Gasteiger partial charge in [0.25, 0.3) is 0 Å². The van der Waals surface area contributed by atoms with Gasteiger partial charge in [-0.05, 0) is 43.2 Å². The van der Waals surface area contributed by atoms with Gasteiger partial charge in [-0.2, -0.15) is 0 Å². The van der Waals surface area contributed by atoms with Gasteiger partial charge in [-0.3, -0.25) is 0 Å². The maximum Gasteiger partial charge on any atom is 0.314 e. The Morgan fingerprint density at radius 2 is 2.10 bits per heavy atom. The lowest BCUT2D eigenvalue weighted by Crippen LogP contribution is -2.36. The molecule has 116 valence electrons. The molecule has 2 amide bonds. The average molecular weight is 290 g/mol. The number of amides is 2. The molecule has 0 aromatic heterocycles. The molecule has 0 saturated carbocycles. The molecule has 0 saturated heterocycles. The van der Waals surface area contributed by atoms with E-state index in [9.17, 15) is 4.79 Å². The third kappa shape index (κ3) is 5.05. The third-order valence-corrected chi connectivity index (χ3v) is 3.78. The van der Waals surface area contributed by atoms with E-state index in [1.807, 2.05) is 6.92 Å². The van der Waals surface area contributed by atoms with Gasteiger partial charge in [0.15, 0.2) is 0 Å². The highest BCUT2D eigenvalue weighted by molar-refractivity contribution is 5.73. The van der Waals surface area contributed by atoms with E-state index in [-0.39, 0.29) is 12.1 Å². The highest BCUT2D eigenvalue weighted by Gasteiger charge is 2.19. The smallest absolute Gasteiger partial charge is 0.314 e. The molecule has 4 nitrogen and oxygen atoms in total. The second-order valence-corrected chi connectivity index (χ2v) is 5.49. The first-order valence-corrected chi connectivity index (χ1v) is 8.02. The van der Waals surface area contributed by atoms with E-state index in [1.165, 1.54) is 17.5 Å². The molecule has 0 unspecified atom stereocenters. The molecule has 0 radical (unpaired) electrons.